The van der Waals surface area contributed by atoms with Crippen LogP contribution in [0.3, 0.4) is 0 Å². The molecule has 1 atom stereocenters. The van der Waals surface area contributed by atoms with E-state index in [1.807, 2.05) is 54.6 Å². The van der Waals surface area contributed by atoms with Crippen molar-refractivity contribution < 1.29 is 23.9 Å². The van der Waals surface area contributed by atoms with E-state index in [0.29, 0.717) is 49.0 Å². The first kappa shape index (κ1) is 31.1. The Morgan fingerprint density at radius 1 is 0.952 bits per heavy atom. The summed E-state index contributed by atoms with van der Waals surface area (Å²) in [6, 6.07) is 21.7. The lowest BCUT2D eigenvalue weighted by atomic mass is 9.93. The SMILES string of the molecule is COC(=O)[C@H](Cc1ccc(OCc2ccccc2)cc1)NC(=O)CC1CCN(C(=O)/C=C/c2ccc(Cl)c(Cl)c2)CC1. The van der Waals surface area contributed by atoms with Crippen LogP contribution in [0.4, 0.5) is 0 Å². The molecule has 3 aromatic rings. The highest BCUT2D eigenvalue weighted by Gasteiger charge is 2.26. The van der Waals surface area contributed by atoms with E-state index in [9.17, 15) is 14.4 Å². The lowest BCUT2D eigenvalue weighted by Crippen LogP contribution is -2.44. The number of ether oxygens (including phenoxy) is 2. The summed E-state index contributed by atoms with van der Waals surface area (Å²) in [6.07, 6.45) is 5.22. The van der Waals surface area contributed by atoms with Crippen LogP contribution in [0.15, 0.2) is 78.9 Å². The number of hydrogen-bond acceptors (Lipinski definition) is 5. The first-order chi connectivity index (χ1) is 20.3. The van der Waals surface area contributed by atoms with Crippen LogP contribution in [0.25, 0.3) is 6.08 Å². The molecular weight excluding hydrogens is 575 g/mol. The van der Waals surface area contributed by atoms with Crippen molar-refractivity contribution in [2.24, 2.45) is 5.92 Å². The Labute approximate surface area is 256 Å². The lowest BCUT2D eigenvalue weighted by molar-refractivity contribution is -0.145. The fourth-order valence-corrected chi connectivity index (χ4v) is 5.10. The minimum atomic E-state index is -0.799. The number of methoxy groups -OCH3 is 1. The molecule has 7 nitrogen and oxygen atoms in total. The van der Waals surface area contributed by atoms with Crippen LogP contribution in [-0.2, 0) is 32.1 Å². The van der Waals surface area contributed by atoms with Gasteiger partial charge in [0, 0.05) is 32.0 Å². The predicted molar refractivity (Wildman–Crippen MR) is 164 cm³/mol. The molecule has 3 aromatic carbocycles. The molecule has 4 rings (SSSR count). The van der Waals surface area contributed by atoms with Gasteiger partial charge in [0.1, 0.15) is 18.4 Å². The number of hydrogen-bond donors (Lipinski definition) is 1. The number of likely N-dealkylation sites (tertiary alicyclic amines) is 1. The van der Waals surface area contributed by atoms with Gasteiger partial charge in [0.15, 0.2) is 0 Å². The van der Waals surface area contributed by atoms with E-state index >= 15 is 0 Å². The molecule has 0 unspecified atom stereocenters. The third kappa shape index (κ3) is 9.36. The van der Waals surface area contributed by atoms with Gasteiger partial charge in [-0.1, -0.05) is 71.7 Å². The maximum Gasteiger partial charge on any atom is 0.328 e. The number of amides is 2. The summed E-state index contributed by atoms with van der Waals surface area (Å²) in [5.74, 6) is 0.0362. The number of nitrogens with zero attached hydrogens (tertiary/aromatic N) is 1. The summed E-state index contributed by atoms with van der Waals surface area (Å²) in [5.41, 5.74) is 2.74. The third-order valence-corrected chi connectivity index (χ3v) is 7.93. The van der Waals surface area contributed by atoms with Gasteiger partial charge in [-0.2, -0.15) is 0 Å². The summed E-state index contributed by atoms with van der Waals surface area (Å²) >= 11 is 12.0. The van der Waals surface area contributed by atoms with E-state index in [-0.39, 0.29) is 24.2 Å². The van der Waals surface area contributed by atoms with E-state index in [1.165, 1.54) is 13.2 Å². The maximum atomic E-state index is 12.9. The average Bonchev–Trinajstić information content (AvgIpc) is 3.01. The Morgan fingerprint density at radius 3 is 2.33 bits per heavy atom. The number of carbonyl (C=O) groups excluding carboxylic acids is 3. The van der Waals surface area contributed by atoms with Crippen molar-refractivity contribution in [3.05, 3.63) is 106 Å². The van der Waals surface area contributed by atoms with Crippen molar-refractivity contribution in [3.8, 4) is 5.75 Å². The van der Waals surface area contributed by atoms with Crippen LogP contribution < -0.4 is 10.1 Å². The van der Waals surface area contributed by atoms with E-state index in [2.05, 4.69) is 5.32 Å². The zero-order valence-electron chi connectivity index (χ0n) is 23.4. The van der Waals surface area contributed by atoms with Crippen molar-refractivity contribution in [1.29, 1.82) is 0 Å². The highest BCUT2D eigenvalue weighted by Crippen LogP contribution is 2.24. The molecule has 2 amide bonds. The highest BCUT2D eigenvalue weighted by molar-refractivity contribution is 6.42. The molecule has 0 spiro atoms. The molecule has 1 fully saturated rings. The quantitative estimate of drug-likeness (QED) is 0.209. The first-order valence-electron chi connectivity index (χ1n) is 13.9. The second kappa shape index (κ2) is 15.4. The molecule has 1 heterocycles. The largest absolute Gasteiger partial charge is 0.489 e. The average molecular weight is 610 g/mol. The predicted octanol–water partition coefficient (Wildman–Crippen LogP) is 6.11. The Kier molecular flexibility index (Phi) is 11.4. The van der Waals surface area contributed by atoms with E-state index in [1.54, 1.807) is 29.2 Å². The zero-order chi connectivity index (χ0) is 29.9. The van der Waals surface area contributed by atoms with E-state index < -0.39 is 12.0 Å². The minimum Gasteiger partial charge on any atom is -0.489 e. The van der Waals surface area contributed by atoms with Crippen molar-refractivity contribution in [2.45, 2.75) is 38.3 Å². The molecule has 9 heteroatoms. The topological polar surface area (TPSA) is 84.9 Å². The van der Waals surface area contributed by atoms with Crippen molar-refractivity contribution in [3.63, 3.8) is 0 Å². The van der Waals surface area contributed by atoms with Gasteiger partial charge < -0.3 is 19.7 Å². The van der Waals surface area contributed by atoms with Gasteiger partial charge in [-0.15, -0.1) is 0 Å². The molecule has 0 aliphatic carbocycles. The van der Waals surface area contributed by atoms with Gasteiger partial charge >= 0.3 is 5.97 Å². The number of halogens is 2. The normalized spacial score (nSPS) is 14.4. The standard InChI is InChI=1S/C33H34Cl2N2O5/c1-41-33(40)30(20-24-7-11-27(12-8-24)42-22-26-5-3-2-4-6-26)36-31(38)21-25-15-17-37(18-16-25)32(39)14-10-23-9-13-28(34)29(35)19-23/h2-14,19,25,30H,15-18,20-22H2,1H3,(H,36,38)/b14-10+/t30-/m0/s1. The Hall–Kier alpha value is -3.81. The molecule has 1 aliphatic heterocycles. The van der Waals surface area contributed by atoms with Crippen molar-refractivity contribution in [1.82, 2.24) is 10.2 Å². The second-order valence-electron chi connectivity index (χ2n) is 10.2. The van der Waals surface area contributed by atoms with Gasteiger partial charge in [-0.3, -0.25) is 9.59 Å². The highest BCUT2D eigenvalue weighted by atomic mass is 35.5. The number of rotatable bonds is 11. The molecule has 42 heavy (non-hydrogen) atoms. The van der Waals surface area contributed by atoms with Gasteiger partial charge in [0.25, 0.3) is 0 Å². The van der Waals surface area contributed by atoms with Crippen LogP contribution in [0, 0.1) is 5.92 Å². The van der Waals surface area contributed by atoms with Crippen LogP contribution in [0.5, 0.6) is 5.75 Å². The number of esters is 1. The molecule has 220 valence electrons. The summed E-state index contributed by atoms with van der Waals surface area (Å²) in [6.45, 7) is 1.58. The molecule has 0 radical (unpaired) electrons. The molecule has 1 aliphatic rings. The Bertz CT molecular complexity index is 1390. The summed E-state index contributed by atoms with van der Waals surface area (Å²) in [4.78, 5) is 39.8. The molecule has 0 saturated carbocycles. The lowest BCUT2D eigenvalue weighted by Gasteiger charge is -2.31. The minimum absolute atomic E-state index is 0.0915. The van der Waals surface area contributed by atoms with E-state index in [0.717, 1.165) is 22.4 Å². The van der Waals surface area contributed by atoms with Gasteiger partial charge in [0.05, 0.1) is 17.2 Å². The molecule has 1 N–H and O–H groups in total. The number of nitrogens with one attached hydrogen (secondary N) is 1. The summed E-state index contributed by atoms with van der Waals surface area (Å²) in [7, 11) is 1.31. The van der Waals surface area contributed by atoms with Crippen LogP contribution in [0.1, 0.15) is 36.0 Å². The molecular formula is C33H34Cl2N2O5. The number of carbonyl (C=O) groups is 3. The number of piperidine rings is 1. The Morgan fingerprint density at radius 2 is 1.67 bits per heavy atom. The molecule has 0 aromatic heterocycles. The van der Waals surface area contributed by atoms with Crippen LogP contribution >= 0.6 is 23.2 Å². The zero-order valence-corrected chi connectivity index (χ0v) is 24.9. The smallest absolute Gasteiger partial charge is 0.328 e. The van der Waals surface area contributed by atoms with E-state index in [4.69, 9.17) is 32.7 Å². The van der Waals surface area contributed by atoms with Crippen molar-refractivity contribution in [2.75, 3.05) is 20.2 Å². The number of benzene rings is 3. The fourth-order valence-electron chi connectivity index (χ4n) is 4.80. The van der Waals surface area contributed by atoms with Crippen molar-refractivity contribution >= 4 is 47.1 Å². The third-order valence-electron chi connectivity index (χ3n) is 7.19. The Balaban J connectivity index is 1.23. The van der Waals surface area contributed by atoms with Gasteiger partial charge in [-0.25, -0.2) is 4.79 Å². The first-order valence-corrected chi connectivity index (χ1v) is 14.6. The van der Waals surface area contributed by atoms with Crippen LogP contribution in [0.2, 0.25) is 10.0 Å². The summed E-state index contributed by atoms with van der Waals surface area (Å²) in [5, 5.41) is 3.74. The fraction of sp³-hybridized carbons (Fsp3) is 0.303. The van der Waals surface area contributed by atoms with Crippen LogP contribution in [-0.4, -0.2) is 48.9 Å². The molecule has 0 bridgehead atoms. The maximum absolute atomic E-state index is 12.9. The summed E-state index contributed by atoms with van der Waals surface area (Å²) < 4.78 is 10.8. The van der Waals surface area contributed by atoms with Gasteiger partial charge in [-0.05, 0) is 65.8 Å². The van der Waals surface area contributed by atoms with Gasteiger partial charge in [0.2, 0.25) is 11.8 Å². The monoisotopic (exact) mass is 608 g/mol. The molecule has 1 saturated heterocycles. The second-order valence-corrected chi connectivity index (χ2v) is 11.1.